The molecule has 0 aliphatic heterocycles. The predicted molar refractivity (Wildman–Crippen MR) is 73.1 cm³/mol. The van der Waals surface area contributed by atoms with Crippen molar-refractivity contribution in [2.24, 2.45) is 0 Å². The maximum absolute atomic E-state index is 3.40. The zero-order valence-electron chi connectivity index (χ0n) is 10.0. The largest absolute Gasteiger partial charge is 0.312 e. The maximum Gasteiger partial charge on any atom is 0.0504 e. The average Bonchev–Trinajstić information content (AvgIpc) is 2.65. The number of hydrogen-bond donors (Lipinski definition) is 1. The normalized spacial score (nSPS) is 15.2. The molecule has 86 valence electrons. The van der Waals surface area contributed by atoms with Crippen LogP contribution in [0.3, 0.4) is 0 Å². The SMILES string of the molecule is CCC(C)SCC(NC)c1ccc(C)s1. The van der Waals surface area contributed by atoms with E-state index in [1.54, 1.807) is 0 Å². The van der Waals surface area contributed by atoms with Crippen molar-refractivity contribution in [2.75, 3.05) is 12.8 Å². The standard InChI is InChI=1S/C12H21NS2/c1-5-9(2)14-8-11(13-4)12-7-6-10(3)15-12/h6-7,9,11,13H,5,8H2,1-4H3. The summed E-state index contributed by atoms with van der Waals surface area (Å²) < 4.78 is 0. The van der Waals surface area contributed by atoms with Gasteiger partial charge in [-0.15, -0.1) is 11.3 Å². The molecule has 15 heavy (non-hydrogen) atoms. The minimum Gasteiger partial charge on any atom is -0.312 e. The topological polar surface area (TPSA) is 12.0 Å². The molecule has 0 amide bonds. The molecule has 0 fully saturated rings. The van der Waals surface area contributed by atoms with Crippen LogP contribution in [0.2, 0.25) is 0 Å². The first-order chi connectivity index (χ1) is 7.17. The molecule has 0 aliphatic carbocycles. The molecule has 3 heteroatoms. The van der Waals surface area contributed by atoms with Crippen molar-refractivity contribution in [1.29, 1.82) is 0 Å². The zero-order chi connectivity index (χ0) is 11.3. The van der Waals surface area contributed by atoms with Crippen LogP contribution >= 0.6 is 23.1 Å². The third kappa shape index (κ3) is 4.17. The molecule has 1 N–H and O–H groups in total. The Balaban J connectivity index is 2.49. The van der Waals surface area contributed by atoms with Gasteiger partial charge in [-0.3, -0.25) is 0 Å². The van der Waals surface area contributed by atoms with E-state index >= 15 is 0 Å². The minimum atomic E-state index is 0.516. The van der Waals surface area contributed by atoms with Crippen LogP contribution in [0.15, 0.2) is 12.1 Å². The van der Waals surface area contributed by atoms with Crippen molar-refractivity contribution in [3.05, 3.63) is 21.9 Å². The summed E-state index contributed by atoms with van der Waals surface area (Å²) in [5.41, 5.74) is 0. The van der Waals surface area contributed by atoms with Gasteiger partial charge in [0, 0.05) is 20.8 Å². The smallest absolute Gasteiger partial charge is 0.0504 e. The summed E-state index contributed by atoms with van der Waals surface area (Å²) in [5, 5.41) is 4.17. The minimum absolute atomic E-state index is 0.516. The number of nitrogens with one attached hydrogen (secondary N) is 1. The Hall–Kier alpha value is 0.01000. The summed E-state index contributed by atoms with van der Waals surface area (Å²) in [6.45, 7) is 6.72. The molecule has 0 bridgehead atoms. The van der Waals surface area contributed by atoms with Gasteiger partial charge < -0.3 is 5.32 Å². The summed E-state index contributed by atoms with van der Waals surface area (Å²) in [6, 6.07) is 4.97. The van der Waals surface area contributed by atoms with E-state index < -0.39 is 0 Å². The molecule has 2 unspecified atom stereocenters. The van der Waals surface area contributed by atoms with Gasteiger partial charge in [-0.05, 0) is 32.5 Å². The van der Waals surface area contributed by atoms with Crippen LogP contribution < -0.4 is 5.32 Å². The maximum atomic E-state index is 3.40. The highest BCUT2D eigenvalue weighted by Crippen LogP contribution is 2.27. The first-order valence-corrected chi connectivity index (χ1v) is 7.39. The van der Waals surface area contributed by atoms with Gasteiger partial charge >= 0.3 is 0 Å². The van der Waals surface area contributed by atoms with Crippen molar-refractivity contribution < 1.29 is 0 Å². The summed E-state index contributed by atoms with van der Waals surface area (Å²) in [7, 11) is 2.05. The van der Waals surface area contributed by atoms with Gasteiger partial charge in [0.25, 0.3) is 0 Å². The number of aryl methyl sites for hydroxylation is 1. The molecule has 1 rings (SSSR count). The molecule has 0 aromatic carbocycles. The van der Waals surface area contributed by atoms with Gasteiger partial charge in [-0.2, -0.15) is 11.8 Å². The Morgan fingerprint density at radius 2 is 2.20 bits per heavy atom. The van der Waals surface area contributed by atoms with Gasteiger partial charge in [0.15, 0.2) is 0 Å². The molecule has 0 saturated carbocycles. The average molecular weight is 243 g/mol. The predicted octanol–water partition coefficient (Wildman–Crippen LogP) is 3.85. The van der Waals surface area contributed by atoms with E-state index in [1.807, 2.05) is 11.3 Å². The second-order valence-electron chi connectivity index (χ2n) is 3.84. The molecule has 0 radical (unpaired) electrons. The highest BCUT2D eigenvalue weighted by Gasteiger charge is 2.12. The highest BCUT2D eigenvalue weighted by molar-refractivity contribution is 7.99. The first kappa shape index (κ1) is 13.1. The molecule has 2 atom stereocenters. The lowest BCUT2D eigenvalue weighted by Gasteiger charge is -2.16. The van der Waals surface area contributed by atoms with E-state index in [4.69, 9.17) is 0 Å². The highest BCUT2D eigenvalue weighted by atomic mass is 32.2. The van der Waals surface area contributed by atoms with E-state index in [0.717, 1.165) is 5.25 Å². The fourth-order valence-electron chi connectivity index (χ4n) is 1.33. The van der Waals surface area contributed by atoms with E-state index in [9.17, 15) is 0 Å². The Bertz CT molecular complexity index is 283. The number of thiophene rings is 1. The lowest BCUT2D eigenvalue weighted by molar-refractivity contribution is 0.671. The first-order valence-electron chi connectivity index (χ1n) is 5.52. The summed E-state index contributed by atoms with van der Waals surface area (Å²) >= 11 is 3.96. The van der Waals surface area contributed by atoms with E-state index in [2.05, 4.69) is 57.0 Å². The van der Waals surface area contributed by atoms with Gasteiger partial charge in [0.1, 0.15) is 0 Å². The van der Waals surface area contributed by atoms with Crippen molar-refractivity contribution >= 4 is 23.1 Å². The molecule has 1 aromatic heterocycles. The fourth-order valence-corrected chi connectivity index (χ4v) is 3.52. The van der Waals surface area contributed by atoms with Crippen LogP contribution in [0.25, 0.3) is 0 Å². The van der Waals surface area contributed by atoms with Crippen LogP contribution in [0, 0.1) is 6.92 Å². The summed E-state index contributed by atoms with van der Waals surface area (Å²) in [5.74, 6) is 1.17. The summed E-state index contributed by atoms with van der Waals surface area (Å²) in [6.07, 6.45) is 1.25. The van der Waals surface area contributed by atoms with Crippen LogP contribution in [-0.4, -0.2) is 18.1 Å². The van der Waals surface area contributed by atoms with Crippen molar-refractivity contribution in [3.63, 3.8) is 0 Å². The molecular weight excluding hydrogens is 222 g/mol. The fraction of sp³-hybridized carbons (Fsp3) is 0.667. The lowest BCUT2D eigenvalue weighted by Crippen LogP contribution is -2.18. The van der Waals surface area contributed by atoms with Gasteiger partial charge in [-0.25, -0.2) is 0 Å². The van der Waals surface area contributed by atoms with Crippen LogP contribution in [0.1, 0.15) is 36.1 Å². The van der Waals surface area contributed by atoms with Crippen molar-refractivity contribution in [3.8, 4) is 0 Å². The zero-order valence-corrected chi connectivity index (χ0v) is 11.7. The van der Waals surface area contributed by atoms with Crippen LogP contribution in [0.5, 0.6) is 0 Å². The van der Waals surface area contributed by atoms with Crippen molar-refractivity contribution in [1.82, 2.24) is 5.32 Å². The second kappa shape index (κ2) is 6.56. The van der Waals surface area contributed by atoms with E-state index in [-0.39, 0.29) is 0 Å². The summed E-state index contributed by atoms with van der Waals surface area (Å²) in [4.78, 5) is 2.87. The van der Waals surface area contributed by atoms with E-state index in [1.165, 1.54) is 21.9 Å². The van der Waals surface area contributed by atoms with Gasteiger partial charge in [0.2, 0.25) is 0 Å². The lowest BCUT2D eigenvalue weighted by atomic mass is 10.3. The Morgan fingerprint density at radius 1 is 1.47 bits per heavy atom. The molecule has 0 spiro atoms. The third-order valence-corrected chi connectivity index (χ3v) is 5.12. The Kier molecular flexibility index (Phi) is 5.72. The number of rotatable bonds is 6. The van der Waals surface area contributed by atoms with Crippen LogP contribution in [-0.2, 0) is 0 Å². The Morgan fingerprint density at radius 3 is 2.67 bits per heavy atom. The van der Waals surface area contributed by atoms with Gasteiger partial charge in [0.05, 0.1) is 6.04 Å². The number of thioether (sulfide) groups is 1. The Labute approximate surface area is 102 Å². The molecular formula is C12H21NS2. The monoisotopic (exact) mass is 243 g/mol. The molecule has 0 saturated heterocycles. The quantitative estimate of drug-likeness (QED) is 0.814. The molecule has 1 heterocycles. The third-order valence-electron chi connectivity index (χ3n) is 2.58. The molecule has 1 aromatic rings. The van der Waals surface area contributed by atoms with Gasteiger partial charge in [-0.1, -0.05) is 13.8 Å². The van der Waals surface area contributed by atoms with Crippen LogP contribution in [0.4, 0.5) is 0 Å². The number of hydrogen-bond acceptors (Lipinski definition) is 3. The second-order valence-corrected chi connectivity index (χ2v) is 6.63. The van der Waals surface area contributed by atoms with Crippen molar-refractivity contribution in [2.45, 2.75) is 38.5 Å². The van der Waals surface area contributed by atoms with E-state index in [0.29, 0.717) is 6.04 Å². The molecule has 0 aliphatic rings. The molecule has 1 nitrogen and oxygen atoms in total.